The third-order valence-corrected chi connectivity index (χ3v) is 1.41. The van der Waals surface area contributed by atoms with Crippen LogP contribution in [0.1, 0.15) is 6.42 Å². The van der Waals surface area contributed by atoms with Gasteiger partial charge in [0.1, 0.15) is 0 Å². The molecule has 0 fully saturated rings. The van der Waals surface area contributed by atoms with Gasteiger partial charge < -0.3 is 14.6 Å². The first-order chi connectivity index (χ1) is 6.35. The Morgan fingerprint density at radius 2 is 1.86 bits per heavy atom. The molecule has 5 nitrogen and oxygen atoms in total. The van der Waals surface area contributed by atoms with Gasteiger partial charge in [0.2, 0.25) is 0 Å². The van der Waals surface area contributed by atoms with Crippen molar-refractivity contribution in [2.45, 2.75) is 18.4 Å². The molecule has 0 aromatic carbocycles. The molecule has 0 saturated carbocycles. The Bertz CT molecular complexity index is 228. The molecule has 0 radical (unpaired) electrons. The first-order valence-corrected chi connectivity index (χ1v) is 3.57. The lowest BCUT2D eigenvalue weighted by Gasteiger charge is -2.15. The second-order valence-corrected chi connectivity index (χ2v) is 2.44. The highest BCUT2D eigenvalue weighted by Gasteiger charge is 2.44. The summed E-state index contributed by atoms with van der Waals surface area (Å²) in [4.78, 5) is 21.0. The molecular formula is C7H10F2O5. The SMILES string of the molecule is COC(=O)C(O)CC(F)(F)C(=O)OC. The second-order valence-electron chi connectivity index (χ2n) is 2.44. The molecule has 7 heteroatoms. The summed E-state index contributed by atoms with van der Waals surface area (Å²) in [5.41, 5.74) is 0. The summed E-state index contributed by atoms with van der Waals surface area (Å²) in [5, 5.41) is 8.84. The molecule has 0 amide bonds. The summed E-state index contributed by atoms with van der Waals surface area (Å²) in [6, 6.07) is 0. The molecule has 1 unspecified atom stereocenters. The maximum absolute atomic E-state index is 12.7. The summed E-state index contributed by atoms with van der Waals surface area (Å²) < 4.78 is 33.2. The molecule has 0 bridgehead atoms. The Morgan fingerprint density at radius 1 is 1.36 bits per heavy atom. The number of alkyl halides is 2. The summed E-state index contributed by atoms with van der Waals surface area (Å²) in [5.74, 6) is -6.93. The van der Waals surface area contributed by atoms with Gasteiger partial charge in [0, 0.05) is 0 Å². The molecule has 1 atom stereocenters. The molecule has 0 aliphatic rings. The Labute approximate surface area is 78.6 Å². The van der Waals surface area contributed by atoms with Gasteiger partial charge in [-0.2, -0.15) is 8.78 Å². The zero-order chi connectivity index (χ0) is 11.4. The van der Waals surface area contributed by atoms with Crippen LogP contribution >= 0.6 is 0 Å². The van der Waals surface area contributed by atoms with Crippen LogP contribution in [0.25, 0.3) is 0 Å². The minimum Gasteiger partial charge on any atom is -0.467 e. The van der Waals surface area contributed by atoms with E-state index in [2.05, 4.69) is 9.47 Å². The van der Waals surface area contributed by atoms with Crippen LogP contribution in [0.15, 0.2) is 0 Å². The van der Waals surface area contributed by atoms with Crippen LogP contribution in [0.4, 0.5) is 8.78 Å². The van der Waals surface area contributed by atoms with Crippen molar-refractivity contribution in [1.29, 1.82) is 0 Å². The number of ether oxygens (including phenoxy) is 2. The minimum atomic E-state index is -3.90. The number of carbonyl (C=O) groups is 2. The Morgan fingerprint density at radius 3 is 2.21 bits per heavy atom. The predicted octanol–water partition coefficient (Wildman–Crippen LogP) is -0.281. The molecule has 0 spiro atoms. The van der Waals surface area contributed by atoms with E-state index in [-0.39, 0.29) is 0 Å². The summed E-state index contributed by atoms with van der Waals surface area (Å²) in [7, 11) is 1.71. The van der Waals surface area contributed by atoms with Crippen molar-refractivity contribution < 1.29 is 33.0 Å². The summed E-state index contributed by atoms with van der Waals surface area (Å²) in [6.45, 7) is 0. The minimum absolute atomic E-state index is 0.779. The van der Waals surface area contributed by atoms with Crippen LogP contribution in [0.3, 0.4) is 0 Å². The molecule has 0 aliphatic carbocycles. The van der Waals surface area contributed by atoms with Crippen molar-refractivity contribution in [2.75, 3.05) is 14.2 Å². The fourth-order valence-corrected chi connectivity index (χ4v) is 0.695. The molecule has 0 rings (SSSR count). The van der Waals surface area contributed by atoms with E-state index >= 15 is 0 Å². The van der Waals surface area contributed by atoms with Gasteiger partial charge in [-0.3, -0.25) is 0 Å². The lowest BCUT2D eigenvalue weighted by atomic mass is 10.1. The maximum Gasteiger partial charge on any atom is 0.376 e. The maximum atomic E-state index is 12.7. The van der Waals surface area contributed by atoms with Crippen LogP contribution in [-0.2, 0) is 19.1 Å². The monoisotopic (exact) mass is 212 g/mol. The number of hydrogen-bond donors (Lipinski definition) is 1. The van der Waals surface area contributed by atoms with Crippen molar-refractivity contribution in [3.63, 3.8) is 0 Å². The average Bonchev–Trinajstić information content (AvgIpc) is 2.14. The highest BCUT2D eigenvalue weighted by atomic mass is 19.3. The van der Waals surface area contributed by atoms with E-state index in [0.29, 0.717) is 0 Å². The van der Waals surface area contributed by atoms with Gasteiger partial charge in [0.25, 0.3) is 0 Å². The third kappa shape index (κ3) is 3.25. The quantitative estimate of drug-likeness (QED) is 0.649. The van der Waals surface area contributed by atoms with E-state index in [9.17, 15) is 18.4 Å². The number of aliphatic hydroxyl groups excluding tert-OH is 1. The number of aliphatic hydroxyl groups is 1. The Kier molecular flexibility index (Phi) is 4.42. The number of carbonyl (C=O) groups excluding carboxylic acids is 2. The lowest BCUT2D eigenvalue weighted by molar-refractivity contribution is -0.176. The van der Waals surface area contributed by atoms with Crippen molar-refractivity contribution in [3.8, 4) is 0 Å². The van der Waals surface area contributed by atoms with Gasteiger partial charge >= 0.3 is 17.9 Å². The van der Waals surface area contributed by atoms with Gasteiger partial charge in [-0.15, -0.1) is 0 Å². The fraction of sp³-hybridized carbons (Fsp3) is 0.714. The van der Waals surface area contributed by atoms with Crippen LogP contribution in [0.2, 0.25) is 0 Å². The molecule has 0 saturated heterocycles. The smallest absolute Gasteiger partial charge is 0.376 e. The van der Waals surface area contributed by atoms with Gasteiger partial charge in [0.05, 0.1) is 20.6 Å². The van der Waals surface area contributed by atoms with Crippen molar-refractivity contribution >= 4 is 11.9 Å². The molecule has 0 aromatic rings. The van der Waals surface area contributed by atoms with Gasteiger partial charge in [0.15, 0.2) is 6.10 Å². The zero-order valence-electron chi connectivity index (χ0n) is 7.62. The first kappa shape index (κ1) is 12.8. The fourth-order valence-electron chi connectivity index (χ4n) is 0.695. The zero-order valence-corrected chi connectivity index (χ0v) is 7.62. The van der Waals surface area contributed by atoms with Gasteiger partial charge in [-0.1, -0.05) is 0 Å². The number of esters is 2. The molecule has 82 valence electrons. The van der Waals surface area contributed by atoms with E-state index in [4.69, 9.17) is 5.11 Å². The molecule has 0 heterocycles. The number of methoxy groups -OCH3 is 2. The van der Waals surface area contributed by atoms with Crippen LogP contribution in [-0.4, -0.2) is 43.3 Å². The number of halogens is 2. The standard InChI is InChI=1S/C7H10F2O5/c1-13-5(11)4(10)3-7(8,9)6(12)14-2/h4,10H,3H2,1-2H3. The highest BCUT2D eigenvalue weighted by Crippen LogP contribution is 2.22. The number of hydrogen-bond acceptors (Lipinski definition) is 5. The van der Waals surface area contributed by atoms with Crippen molar-refractivity contribution in [2.24, 2.45) is 0 Å². The normalized spacial score (nSPS) is 13.2. The van der Waals surface area contributed by atoms with Crippen LogP contribution < -0.4 is 0 Å². The summed E-state index contributed by atoms with van der Waals surface area (Å²) >= 11 is 0. The molecule has 0 aliphatic heterocycles. The average molecular weight is 212 g/mol. The third-order valence-electron chi connectivity index (χ3n) is 1.41. The number of rotatable bonds is 4. The highest BCUT2D eigenvalue weighted by molar-refractivity contribution is 5.80. The lowest BCUT2D eigenvalue weighted by Crippen LogP contribution is -2.37. The van der Waals surface area contributed by atoms with Crippen molar-refractivity contribution in [3.05, 3.63) is 0 Å². The van der Waals surface area contributed by atoms with Crippen LogP contribution in [0.5, 0.6) is 0 Å². The van der Waals surface area contributed by atoms with E-state index in [1.165, 1.54) is 0 Å². The van der Waals surface area contributed by atoms with E-state index in [1.807, 2.05) is 0 Å². The largest absolute Gasteiger partial charge is 0.467 e. The van der Waals surface area contributed by atoms with E-state index in [1.54, 1.807) is 0 Å². The topological polar surface area (TPSA) is 72.8 Å². The Hall–Kier alpha value is -1.24. The van der Waals surface area contributed by atoms with E-state index in [0.717, 1.165) is 14.2 Å². The molecule has 1 N–H and O–H groups in total. The molecular weight excluding hydrogens is 202 g/mol. The summed E-state index contributed by atoms with van der Waals surface area (Å²) in [6.07, 6.45) is -3.40. The van der Waals surface area contributed by atoms with Crippen LogP contribution in [0, 0.1) is 0 Å². The van der Waals surface area contributed by atoms with Crippen molar-refractivity contribution in [1.82, 2.24) is 0 Å². The molecule has 14 heavy (non-hydrogen) atoms. The first-order valence-electron chi connectivity index (χ1n) is 3.57. The van der Waals surface area contributed by atoms with Gasteiger partial charge in [-0.05, 0) is 0 Å². The van der Waals surface area contributed by atoms with E-state index < -0.39 is 30.4 Å². The van der Waals surface area contributed by atoms with Gasteiger partial charge in [-0.25, -0.2) is 9.59 Å². The predicted molar refractivity (Wildman–Crippen MR) is 39.6 cm³/mol. The molecule has 0 aromatic heterocycles. The Balaban J connectivity index is 4.35. The second kappa shape index (κ2) is 4.85.